The van der Waals surface area contributed by atoms with E-state index in [1.165, 1.54) is 0 Å². The highest BCUT2D eigenvalue weighted by atomic mass is 32.2. The quantitative estimate of drug-likeness (QED) is 0.895. The van der Waals surface area contributed by atoms with Crippen molar-refractivity contribution < 1.29 is 26.4 Å². The van der Waals surface area contributed by atoms with Crippen LogP contribution in [0, 0.1) is 11.8 Å². The number of amides is 1. The lowest BCUT2D eigenvalue weighted by molar-refractivity contribution is -0.137. The molecule has 1 unspecified atom stereocenters. The predicted molar refractivity (Wildman–Crippen MR) is 71.1 cm³/mol. The van der Waals surface area contributed by atoms with Gasteiger partial charge in [-0.1, -0.05) is 6.92 Å². The van der Waals surface area contributed by atoms with Gasteiger partial charge in [-0.05, 0) is 36.8 Å². The van der Waals surface area contributed by atoms with Crippen LogP contribution in [0.4, 0.5) is 13.2 Å². The van der Waals surface area contributed by atoms with E-state index in [2.05, 4.69) is 4.98 Å². The minimum Gasteiger partial charge on any atom is -0.274 e. The van der Waals surface area contributed by atoms with Crippen molar-refractivity contribution in [2.24, 2.45) is 11.8 Å². The SMILES string of the molecule is CC(CC(=O)NS(=O)(=O)c1ccc(C(F)(F)F)cn1)C1CC1. The van der Waals surface area contributed by atoms with Crippen molar-refractivity contribution in [2.45, 2.75) is 37.4 Å². The van der Waals surface area contributed by atoms with Crippen molar-refractivity contribution in [1.29, 1.82) is 0 Å². The number of pyridine rings is 1. The minimum atomic E-state index is -4.60. The molecule has 1 N–H and O–H groups in total. The second-order valence-corrected chi connectivity index (χ2v) is 7.06. The number of sulfonamides is 1. The van der Waals surface area contributed by atoms with Crippen LogP contribution < -0.4 is 4.72 Å². The summed E-state index contributed by atoms with van der Waals surface area (Å²) in [6.45, 7) is 1.86. The van der Waals surface area contributed by atoms with Gasteiger partial charge in [-0.25, -0.2) is 9.71 Å². The van der Waals surface area contributed by atoms with Crippen molar-refractivity contribution in [3.8, 4) is 0 Å². The molecular formula is C13H15F3N2O3S. The molecule has 0 aromatic carbocycles. The van der Waals surface area contributed by atoms with Gasteiger partial charge in [-0.3, -0.25) is 4.79 Å². The van der Waals surface area contributed by atoms with Gasteiger partial charge < -0.3 is 0 Å². The van der Waals surface area contributed by atoms with Gasteiger partial charge in [0.15, 0.2) is 5.03 Å². The molecule has 1 amide bonds. The van der Waals surface area contributed by atoms with Crippen LogP contribution in [0.5, 0.6) is 0 Å². The monoisotopic (exact) mass is 336 g/mol. The second-order valence-electron chi connectivity index (χ2n) is 5.43. The van der Waals surface area contributed by atoms with E-state index in [-0.39, 0.29) is 12.3 Å². The summed E-state index contributed by atoms with van der Waals surface area (Å²) in [6, 6.07) is 1.33. The smallest absolute Gasteiger partial charge is 0.274 e. The Morgan fingerprint density at radius 3 is 2.50 bits per heavy atom. The average molecular weight is 336 g/mol. The Kier molecular flexibility index (Phi) is 4.46. The summed E-state index contributed by atoms with van der Waals surface area (Å²) in [4.78, 5) is 15.0. The van der Waals surface area contributed by atoms with Crippen LogP contribution in [0.3, 0.4) is 0 Å². The number of nitrogens with one attached hydrogen (secondary N) is 1. The first-order chi connectivity index (χ1) is 10.1. The maximum absolute atomic E-state index is 12.4. The molecule has 1 aliphatic carbocycles. The largest absolute Gasteiger partial charge is 0.417 e. The van der Waals surface area contributed by atoms with E-state index >= 15 is 0 Å². The van der Waals surface area contributed by atoms with Crippen LogP contribution in [0.1, 0.15) is 31.7 Å². The third-order valence-electron chi connectivity index (χ3n) is 3.52. The molecule has 1 saturated carbocycles. The van der Waals surface area contributed by atoms with Crippen LogP contribution in [0.2, 0.25) is 0 Å². The summed E-state index contributed by atoms with van der Waals surface area (Å²) in [5, 5.41) is -0.618. The molecule has 22 heavy (non-hydrogen) atoms. The molecule has 0 bridgehead atoms. The van der Waals surface area contributed by atoms with Crippen molar-refractivity contribution in [1.82, 2.24) is 9.71 Å². The van der Waals surface area contributed by atoms with Gasteiger partial charge in [-0.2, -0.15) is 21.6 Å². The number of alkyl halides is 3. The molecular weight excluding hydrogens is 321 g/mol. The molecule has 2 rings (SSSR count). The van der Waals surface area contributed by atoms with E-state index in [4.69, 9.17) is 0 Å². The zero-order chi connectivity index (χ0) is 16.5. The van der Waals surface area contributed by atoms with Gasteiger partial charge in [-0.15, -0.1) is 0 Å². The van der Waals surface area contributed by atoms with Gasteiger partial charge in [0.25, 0.3) is 10.0 Å². The van der Waals surface area contributed by atoms with E-state index in [0.29, 0.717) is 18.2 Å². The summed E-state index contributed by atoms with van der Waals surface area (Å²) >= 11 is 0. The molecule has 9 heteroatoms. The van der Waals surface area contributed by atoms with Crippen molar-refractivity contribution in [3.63, 3.8) is 0 Å². The standard InChI is InChI=1S/C13H15F3N2O3S/c1-8(9-2-3-9)6-11(19)18-22(20,21)12-5-4-10(7-17-12)13(14,15)16/h4-5,7-9H,2-3,6H2,1H3,(H,18,19). The van der Waals surface area contributed by atoms with Crippen LogP contribution in [-0.4, -0.2) is 19.3 Å². The Labute approximate surface area is 126 Å². The van der Waals surface area contributed by atoms with Gasteiger partial charge >= 0.3 is 6.18 Å². The topological polar surface area (TPSA) is 76.1 Å². The van der Waals surface area contributed by atoms with E-state index in [9.17, 15) is 26.4 Å². The maximum Gasteiger partial charge on any atom is 0.417 e. The number of nitrogens with zero attached hydrogens (tertiary/aromatic N) is 1. The van der Waals surface area contributed by atoms with Crippen molar-refractivity contribution in [2.75, 3.05) is 0 Å². The lowest BCUT2D eigenvalue weighted by atomic mass is 10.0. The molecule has 0 aliphatic heterocycles. The Hall–Kier alpha value is -1.64. The fourth-order valence-electron chi connectivity index (χ4n) is 2.08. The summed E-state index contributed by atoms with van der Waals surface area (Å²) in [6.07, 6.45) is -2.06. The van der Waals surface area contributed by atoms with Gasteiger partial charge in [0.05, 0.1) is 5.56 Å². The van der Waals surface area contributed by atoms with Crippen molar-refractivity contribution in [3.05, 3.63) is 23.9 Å². The normalized spacial score (nSPS) is 17.1. The number of rotatable bonds is 5. The molecule has 5 nitrogen and oxygen atoms in total. The Bertz CT molecular complexity index is 652. The fourth-order valence-corrected chi connectivity index (χ4v) is 3.00. The average Bonchev–Trinajstić information content (AvgIpc) is 3.21. The van der Waals surface area contributed by atoms with E-state index in [1.54, 1.807) is 0 Å². The molecule has 1 atom stereocenters. The van der Waals surface area contributed by atoms with Gasteiger partial charge in [0.1, 0.15) is 0 Å². The fraction of sp³-hybridized carbons (Fsp3) is 0.538. The van der Waals surface area contributed by atoms with Crippen LogP contribution in [0.15, 0.2) is 23.4 Å². The van der Waals surface area contributed by atoms with E-state index in [0.717, 1.165) is 18.9 Å². The van der Waals surface area contributed by atoms with E-state index < -0.39 is 32.7 Å². The maximum atomic E-state index is 12.4. The summed E-state index contributed by atoms with van der Waals surface area (Å²) < 4.78 is 62.8. The first-order valence-corrected chi connectivity index (χ1v) is 8.17. The highest BCUT2D eigenvalue weighted by Crippen LogP contribution is 2.38. The number of carbonyl (C=O) groups is 1. The Balaban J connectivity index is 2.04. The third-order valence-corrected chi connectivity index (χ3v) is 4.81. The number of hydrogen-bond acceptors (Lipinski definition) is 4. The number of aromatic nitrogens is 1. The first kappa shape index (κ1) is 16.7. The zero-order valence-electron chi connectivity index (χ0n) is 11.7. The molecule has 1 aliphatic rings. The zero-order valence-corrected chi connectivity index (χ0v) is 12.5. The van der Waals surface area contributed by atoms with E-state index in [1.807, 2.05) is 11.6 Å². The number of carbonyl (C=O) groups excluding carboxylic acids is 1. The highest BCUT2D eigenvalue weighted by Gasteiger charge is 2.32. The lowest BCUT2D eigenvalue weighted by Gasteiger charge is -2.11. The summed E-state index contributed by atoms with van der Waals surface area (Å²) in [5.41, 5.74) is -1.06. The molecule has 0 saturated heterocycles. The van der Waals surface area contributed by atoms with Gasteiger partial charge in [0, 0.05) is 12.6 Å². The molecule has 122 valence electrons. The van der Waals surface area contributed by atoms with Crippen LogP contribution in [-0.2, 0) is 21.0 Å². The molecule has 0 radical (unpaired) electrons. The summed E-state index contributed by atoms with van der Waals surface area (Å²) in [7, 11) is -4.25. The summed E-state index contributed by atoms with van der Waals surface area (Å²) in [5.74, 6) is -0.158. The molecule has 1 heterocycles. The molecule has 0 spiro atoms. The van der Waals surface area contributed by atoms with Crippen LogP contribution >= 0.6 is 0 Å². The Morgan fingerprint density at radius 1 is 1.41 bits per heavy atom. The van der Waals surface area contributed by atoms with Crippen molar-refractivity contribution >= 4 is 15.9 Å². The first-order valence-electron chi connectivity index (χ1n) is 6.68. The molecule has 1 aromatic rings. The molecule has 1 aromatic heterocycles. The van der Waals surface area contributed by atoms with Gasteiger partial charge in [0.2, 0.25) is 5.91 Å². The van der Waals surface area contributed by atoms with Crippen LogP contribution in [0.25, 0.3) is 0 Å². The third kappa shape index (κ3) is 4.19. The second kappa shape index (κ2) is 5.86. The number of halogens is 3. The number of hydrogen-bond donors (Lipinski definition) is 1. The molecule has 1 fully saturated rings. The Morgan fingerprint density at radius 2 is 2.05 bits per heavy atom. The predicted octanol–water partition coefficient (Wildman–Crippen LogP) is 2.34. The highest BCUT2D eigenvalue weighted by molar-refractivity contribution is 7.90. The lowest BCUT2D eigenvalue weighted by Crippen LogP contribution is -2.32. The minimum absolute atomic E-state index is 0.0601.